The molecule has 0 aliphatic heterocycles. The van der Waals surface area contributed by atoms with Crippen molar-refractivity contribution in [1.29, 1.82) is 0 Å². The molecule has 1 atom stereocenters. The predicted molar refractivity (Wildman–Crippen MR) is 307 cm³/mol. The molecule has 0 heterocycles. The lowest BCUT2D eigenvalue weighted by molar-refractivity contribution is -0.162. The molecule has 0 bridgehead atoms. The Morgan fingerprint density at radius 1 is 0.343 bits per heavy atom. The maximum Gasteiger partial charge on any atom is 0.310 e. The van der Waals surface area contributed by atoms with Crippen molar-refractivity contribution in [3.8, 4) is 0 Å². The summed E-state index contributed by atoms with van der Waals surface area (Å²) in [6.07, 6.45) is 79.7. The van der Waals surface area contributed by atoms with Crippen molar-refractivity contribution in [1.82, 2.24) is 0 Å². The molecule has 0 aliphatic rings. The molecule has 0 spiro atoms. The van der Waals surface area contributed by atoms with E-state index >= 15 is 0 Å². The Kier molecular flexibility index (Phi) is 58.3. The third-order valence-corrected chi connectivity index (χ3v) is 13.3. The first kappa shape index (κ1) is 67.3. The minimum atomic E-state index is -0.592. The number of esters is 2. The average Bonchev–Trinajstić information content (AvgIpc) is 3.36. The van der Waals surface area contributed by atoms with Crippen molar-refractivity contribution < 1.29 is 23.8 Å². The van der Waals surface area contributed by atoms with Crippen LogP contribution in [0, 0.1) is 0 Å². The fourth-order valence-electron chi connectivity index (χ4n) is 8.76. The fraction of sp³-hybridized carbons (Fsp3) is 0.785. The molecule has 0 aromatic rings. The van der Waals surface area contributed by atoms with Gasteiger partial charge in [0.2, 0.25) is 0 Å². The van der Waals surface area contributed by atoms with Crippen molar-refractivity contribution in [3.05, 3.63) is 72.9 Å². The molecule has 5 heteroatoms. The summed E-state index contributed by atoms with van der Waals surface area (Å²) < 4.78 is 17.4. The van der Waals surface area contributed by atoms with E-state index in [2.05, 4.69) is 81.5 Å². The SMILES string of the molecule is CC/C=C\C/C=C\C/C=C\C/C=C\C/C=C\CC(=O)OC(COCCCCCCCCCCCCCCCCCCCCCC)COC(=O)CCCCCCCCCCC/C=C\CCCCCCCC. The summed E-state index contributed by atoms with van der Waals surface area (Å²) in [5, 5.41) is 0. The molecule has 0 amide bonds. The van der Waals surface area contributed by atoms with Crippen LogP contribution in [0.3, 0.4) is 0 Å². The topological polar surface area (TPSA) is 61.8 Å². The maximum absolute atomic E-state index is 12.8. The van der Waals surface area contributed by atoms with Crippen LogP contribution in [0.5, 0.6) is 0 Å². The number of carbonyl (C=O) groups is 2. The second kappa shape index (κ2) is 60.6. The minimum absolute atomic E-state index is 0.0460. The lowest BCUT2D eigenvalue weighted by atomic mass is 10.0. The Morgan fingerprint density at radius 2 is 0.686 bits per heavy atom. The first-order valence-electron chi connectivity index (χ1n) is 30.5. The van der Waals surface area contributed by atoms with Crippen molar-refractivity contribution in [3.63, 3.8) is 0 Å². The largest absolute Gasteiger partial charge is 0.462 e. The molecule has 0 saturated heterocycles. The number of hydrogen-bond acceptors (Lipinski definition) is 5. The van der Waals surface area contributed by atoms with Crippen LogP contribution < -0.4 is 0 Å². The number of hydrogen-bond donors (Lipinski definition) is 0. The first-order valence-corrected chi connectivity index (χ1v) is 30.5. The third-order valence-electron chi connectivity index (χ3n) is 13.3. The highest BCUT2D eigenvalue weighted by Gasteiger charge is 2.17. The van der Waals surface area contributed by atoms with Gasteiger partial charge in [0.05, 0.1) is 13.0 Å². The molecular formula is C65H116O5. The van der Waals surface area contributed by atoms with Gasteiger partial charge in [0.25, 0.3) is 0 Å². The summed E-state index contributed by atoms with van der Waals surface area (Å²) in [4.78, 5) is 25.5. The van der Waals surface area contributed by atoms with E-state index in [0.717, 1.165) is 64.2 Å². The highest BCUT2D eigenvalue weighted by Crippen LogP contribution is 2.16. The van der Waals surface area contributed by atoms with E-state index in [0.29, 0.717) is 13.0 Å². The van der Waals surface area contributed by atoms with E-state index in [9.17, 15) is 9.59 Å². The first-order chi connectivity index (χ1) is 34.6. The van der Waals surface area contributed by atoms with Crippen LogP contribution in [0.1, 0.15) is 303 Å². The number of rotatable bonds is 56. The van der Waals surface area contributed by atoms with Gasteiger partial charge in [-0.3, -0.25) is 9.59 Å². The normalized spacial score (nSPS) is 12.7. The highest BCUT2D eigenvalue weighted by molar-refractivity contribution is 5.71. The van der Waals surface area contributed by atoms with Crippen LogP contribution >= 0.6 is 0 Å². The van der Waals surface area contributed by atoms with Gasteiger partial charge in [-0.1, -0.05) is 293 Å². The summed E-state index contributed by atoms with van der Waals surface area (Å²) in [7, 11) is 0. The summed E-state index contributed by atoms with van der Waals surface area (Å²) in [6.45, 7) is 7.65. The zero-order chi connectivity index (χ0) is 50.6. The van der Waals surface area contributed by atoms with Gasteiger partial charge in [-0.15, -0.1) is 0 Å². The van der Waals surface area contributed by atoms with Crippen LogP contribution in [-0.4, -0.2) is 37.9 Å². The van der Waals surface area contributed by atoms with E-state index in [4.69, 9.17) is 14.2 Å². The van der Waals surface area contributed by atoms with Gasteiger partial charge in [0, 0.05) is 13.0 Å². The lowest BCUT2D eigenvalue weighted by Gasteiger charge is -2.18. The van der Waals surface area contributed by atoms with Crippen LogP contribution in [0.2, 0.25) is 0 Å². The van der Waals surface area contributed by atoms with E-state index in [1.54, 1.807) is 0 Å². The molecule has 0 saturated carbocycles. The lowest BCUT2D eigenvalue weighted by Crippen LogP contribution is -2.29. The van der Waals surface area contributed by atoms with E-state index < -0.39 is 6.10 Å². The van der Waals surface area contributed by atoms with Crippen LogP contribution in [0.4, 0.5) is 0 Å². The van der Waals surface area contributed by atoms with Crippen molar-refractivity contribution in [2.45, 2.75) is 309 Å². The Balaban J connectivity index is 4.31. The van der Waals surface area contributed by atoms with Crippen molar-refractivity contribution in [2.75, 3.05) is 19.8 Å². The molecule has 0 aromatic heterocycles. The van der Waals surface area contributed by atoms with Crippen LogP contribution in [0.25, 0.3) is 0 Å². The number of carbonyl (C=O) groups excluding carboxylic acids is 2. The molecule has 5 nitrogen and oxygen atoms in total. The summed E-state index contributed by atoms with van der Waals surface area (Å²) >= 11 is 0. The number of ether oxygens (including phenoxy) is 3. The quantitative estimate of drug-likeness (QED) is 0.0345. The second-order valence-electron chi connectivity index (χ2n) is 20.2. The van der Waals surface area contributed by atoms with E-state index in [1.807, 2.05) is 12.2 Å². The van der Waals surface area contributed by atoms with Crippen molar-refractivity contribution >= 4 is 11.9 Å². The molecule has 70 heavy (non-hydrogen) atoms. The second-order valence-corrected chi connectivity index (χ2v) is 20.2. The number of unbranched alkanes of at least 4 members (excludes halogenated alkanes) is 34. The molecule has 0 rings (SSSR count). The van der Waals surface area contributed by atoms with Crippen molar-refractivity contribution in [2.24, 2.45) is 0 Å². The van der Waals surface area contributed by atoms with Gasteiger partial charge >= 0.3 is 11.9 Å². The number of allylic oxidation sites excluding steroid dienone is 11. The van der Waals surface area contributed by atoms with E-state index in [-0.39, 0.29) is 31.6 Å². The monoisotopic (exact) mass is 977 g/mol. The summed E-state index contributed by atoms with van der Waals surface area (Å²) in [6, 6.07) is 0. The zero-order valence-corrected chi connectivity index (χ0v) is 46.8. The molecule has 1 unspecified atom stereocenters. The Bertz CT molecular complexity index is 1240. The standard InChI is InChI=1S/C65H116O5/c1-4-7-10-13-16-19-22-25-28-30-32-34-36-39-42-45-48-51-54-57-60-68-61-63(70-65(67)59-56-53-50-47-44-41-37-27-24-21-18-15-12-9-6-3)62-69-64(66)58-55-52-49-46-43-40-38-35-33-31-29-26-23-20-17-14-11-8-5-2/h9,12,18,21,26-27,29,37,44,47,53,56,63H,4-8,10-11,13-17,19-20,22-25,28,30-36,38-43,45-46,48-52,54-55,57-62H2,1-3H3/b12-9-,21-18-,29-26-,37-27-,47-44-,56-53-. The highest BCUT2D eigenvalue weighted by atomic mass is 16.6. The van der Waals surface area contributed by atoms with Gasteiger partial charge in [-0.25, -0.2) is 0 Å². The van der Waals surface area contributed by atoms with Crippen LogP contribution in [-0.2, 0) is 23.8 Å². The summed E-state index contributed by atoms with van der Waals surface area (Å²) in [5.41, 5.74) is 0. The Hall–Kier alpha value is -2.66. The van der Waals surface area contributed by atoms with Gasteiger partial charge in [-0.05, 0) is 70.6 Å². The maximum atomic E-state index is 12.8. The van der Waals surface area contributed by atoms with E-state index in [1.165, 1.54) is 205 Å². The molecule has 0 fully saturated rings. The van der Waals surface area contributed by atoms with Gasteiger partial charge in [0.1, 0.15) is 6.61 Å². The van der Waals surface area contributed by atoms with Crippen LogP contribution in [0.15, 0.2) is 72.9 Å². The van der Waals surface area contributed by atoms with Gasteiger partial charge < -0.3 is 14.2 Å². The fourth-order valence-corrected chi connectivity index (χ4v) is 8.76. The molecular weight excluding hydrogens is 861 g/mol. The minimum Gasteiger partial charge on any atom is -0.462 e. The zero-order valence-electron chi connectivity index (χ0n) is 46.8. The molecule has 406 valence electrons. The molecule has 0 N–H and O–H groups in total. The average molecular weight is 978 g/mol. The third kappa shape index (κ3) is 57.9. The molecule has 0 radical (unpaired) electrons. The predicted octanol–water partition coefficient (Wildman–Crippen LogP) is 21.0. The Labute approximate surface area is 436 Å². The summed E-state index contributed by atoms with van der Waals surface area (Å²) in [5.74, 6) is -0.533. The molecule has 0 aliphatic carbocycles. The smallest absolute Gasteiger partial charge is 0.310 e. The van der Waals surface area contributed by atoms with Gasteiger partial charge in [-0.2, -0.15) is 0 Å². The Morgan fingerprint density at radius 3 is 1.09 bits per heavy atom. The van der Waals surface area contributed by atoms with Gasteiger partial charge in [0.15, 0.2) is 6.10 Å². The molecule has 0 aromatic carbocycles.